The van der Waals surface area contributed by atoms with Gasteiger partial charge in [-0.1, -0.05) is 13.8 Å². The average molecular weight is 318 g/mol. The number of amides is 1. The van der Waals surface area contributed by atoms with E-state index in [2.05, 4.69) is 28.7 Å². The SMILES string of the molecule is CC(C)CN(C1CCOCC1)C1CN(C(=O)c2cnccn2)C1. The summed E-state index contributed by atoms with van der Waals surface area (Å²) in [4.78, 5) is 24.9. The molecular formula is C17H26N4O2. The van der Waals surface area contributed by atoms with Crippen LogP contribution in [-0.2, 0) is 4.74 Å². The monoisotopic (exact) mass is 318 g/mol. The second kappa shape index (κ2) is 7.36. The Bertz CT molecular complexity index is 511. The van der Waals surface area contributed by atoms with Crippen LogP contribution in [-0.4, -0.2) is 70.6 Å². The van der Waals surface area contributed by atoms with Crippen LogP contribution in [0.2, 0.25) is 0 Å². The lowest BCUT2D eigenvalue weighted by Crippen LogP contribution is -2.64. The first-order valence-corrected chi connectivity index (χ1v) is 8.54. The van der Waals surface area contributed by atoms with E-state index in [1.54, 1.807) is 18.6 Å². The Kier molecular flexibility index (Phi) is 5.23. The molecule has 2 aliphatic rings. The molecular weight excluding hydrogens is 292 g/mol. The summed E-state index contributed by atoms with van der Waals surface area (Å²) >= 11 is 0. The quantitative estimate of drug-likeness (QED) is 0.822. The summed E-state index contributed by atoms with van der Waals surface area (Å²) in [5.74, 6) is 0.619. The molecule has 1 aromatic rings. The van der Waals surface area contributed by atoms with E-state index in [1.165, 1.54) is 0 Å². The molecule has 1 aromatic heterocycles. The summed E-state index contributed by atoms with van der Waals surface area (Å²) in [6, 6.07) is 1.05. The van der Waals surface area contributed by atoms with E-state index in [4.69, 9.17) is 4.74 Å². The number of nitrogens with zero attached hydrogens (tertiary/aromatic N) is 4. The molecule has 0 N–H and O–H groups in total. The Hall–Kier alpha value is -1.53. The molecule has 3 rings (SSSR count). The predicted octanol–water partition coefficient (Wildman–Crippen LogP) is 1.44. The molecule has 0 bridgehead atoms. The fraction of sp³-hybridized carbons (Fsp3) is 0.706. The highest BCUT2D eigenvalue weighted by atomic mass is 16.5. The summed E-state index contributed by atoms with van der Waals surface area (Å²) in [6.07, 6.45) is 6.89. The zero-order chi connectivity index (χ0) is 16.2. The maximum atomic E-state index is 12.4. The van der Waals surface area contributed by atoms with Crippen molar-refractivity contribution >= 4 is 5.91 Å². The van der Waals surface area contributed by atoms with Gasteiger partial charge in [-0.05, 0) is 18.8 Å². The van der Waals surface area contributed by atoms with Crippen LogP contribution in [0.25, 0.3) is 0 Å². The zero-order valence-corrected chi connectivity index (χ0v) is 14.0. The van der Waals surface area contributed by atoms with Gasteiger partial charge in [0.05, 0.1) is 6.20 Å². The van der Waals surface area contributed by atoms with Gasteiger partial charge in [-0.3, -0.25) is 14.7 Å². The normalized spacial score (nSPS) is 20.1. The minimum absolute atomic E-state index is 0.00850. The first kappa shape index (κ1) is 16.3. The first-order valence-electron chi connectivity index (χ1n) is 8.54. The van der Waals surface area contributed by atoms with Crippen molar-refractivity contribution < 1.29 is 9.53 Å². The summed E-state index contributed by atoms with van der Waals surface area (Å²) < 4.78 is 5.50. The molecule has 2 aliphatic heterocycles. The maximum Gasteiger partial charge on any atom is 0.274 e. The van der Waals surface area contributed by atoms with E-state index in [1.807, 2.05) is 4.90 Å². The molecule has 2 saturated heterocycles. The zero-order valence-electron chi connectivity index (χ0n) is 14.0. The molecule has 0 unspecified atom stereocenters. The molecule has 3 heterocycles. The van der Waals surface area contributed by atoms with E-state index in [0.29, 0.717) is 23.7 Å². The Balaban J connectivity index is 1.59. The Morgan fingerprint density at radius 1 is 1.30 bits per heavy atom. The summed E-state index contributed by atoms with van der Waals surface area (Å²) in [7, 11) is 0. The van der Waals surface area contributed by atoms with Crippen LogP contribution in [0.4, 0.5) is 0 Å². The Morgan fingerprint density at radius 2 is 2.04 bits per heavy atom. The lowest BCUT2D eigenvalue weighted by molar-refractivity contribution is -0.0295. The minimum Gasteiger partial charge on any atom is -0.381 e. The van der Waals surface area contributed by atoms with Gasteiger partial charge in [-0.15, -0.1) is 0 Å². The van der Waals surface area contributed by atoms with Gasteiger partial charge in [0.25, 0.3) is 5.91 Å². The molecule has 23 heavy (non-hydrogen) atoms. The average Bonchev–Trinajstić information content (AvgIpc) is 2.53. The number of hydrogen-bond acceptors (Lipinski definition) is 5. The van der Waals surface area contributed by atoms with Gasteiger partial charge < -0.3 is 9.64 Å². The standard InChI is InChI=1S/C17H26N4O2/c1-13(2)10-21(14-3-7-23-8-4-14)15-11-20(12-15)17(22)16-9-18-5-6-19-16/h5-6,9,13-15H,3-4,7-8,10-12H2,1-2H3. The smallest absolute Gasteiger partial charge is 0.274 e. The lowest BCUT2D eigenvalue weighted by Gasteiger charge is -2.49. The highest BCUT2D eigenvalue weighted by Gasteiger charge is 2.38. The van der Waals surface area contributed by atoms with Gasteiger partial charge >= 0.3 is 0 Å². The van der Waals surface area contributed by atoms with Gasteiger partial charge in [0.1, 0.15) is 5.69 Å². The molecule has 0 atom stereocenters. The third kappa shape index (κ3) is 3.87. The van der Waals surface area contributed by atoms with Crippen molar-refractivity contribution in [2.45, 2.75) is 38.8 Å². The van der Waals surface area contributed by atoms with Crippen molar-refractivity contribution in [1.29, 1.82) is 0 Å². The number of rotatable bonds is 5. The number of likely N-dealkylation sites (tertiary alicyclic amines) is 1. The van der Waals surface area contributed by atoms with Crippen LogP contribution in [0.5, 0.6) is 0 Å². The molecule has 6 heteroatoms. The molecule has 0 spiro atoms. The summed E-state index contributed by atoms with van der Waals surface area (Å²) in [6.45, 7) is 8.89. The number of hydrogen-bond donors (Lipinski definition) is 0. The molecule has 126 valence electrons. The van der Waals surface area contributed by atoms with Gasteiger partial charge in [0.2, 0.25) is 0 Å². The van der Waals surface area contributed by atoms with Crippen molar-refractivity contribution in [3.63, 3.8) is 0 Å². The maximum absolute atomic E-state index is 12.4. The second-order valence-electron chi connectivity index (χ2n) is 6.89. The summed E-state index contributed by atoms with van der Waals surface area (Å²) in [5.41, 5.74) is 0.437. The lowest BCUT2D eigenvalue weighted by atomic mass is 9.98. The minimum atomic E-state index is -0.00850. The van der Waals surface area contributed by atoms with E-state index in [9.17, 15) is 4.79 Å². The van der Waals surface area contributed by atoms with Crippen LogP contribution in [0.3, 0.4) is 0 Å². The molecule has 0 aromatic carbocycles. The molecule has 6 nitrogen and oxygen atoms in total. The van der Waals surface area contributed by atoms with Crippen LogP contribution in [0, 0.1) is 5.92 Å². The Labute approximate surface area is 137 Å². The van der Waals surface area contributed by atoms with Gasteiger partial charge in [-0.2, -0.15) is 0 Å². The topological polar surface area (TPSA) is 58.6 Å². The second-order valence-corrected chi connectivity index (χ2v) is 6.89. The molecule has 0 radical (unpaired) electrons. The third-order valence-electron chi connectivity index (χ3n) is 4.64. The number of carbonyl (C=O) groups excluding carboxylic acids is 1. The van der Waals surface area contributed by atoms with Crippen LogP contribution >= 0.6 is 0 Å². The fourth-order valence-electron chi connectivity index (χ4n) is 3.44. The molecule has 0 aliphatic carbocycles. The highest BCUT2D eigenvalue weighted by Crippen LogP contribution is 2.25. The van der Waals surface area contributed by atoms with Crippen molar-refractivity contribution in [3.05, 3.63) is 24.3 Å². The molecule has 2 fully saturated rings. The van der Waals surface area contributed by atoms with Crippen molar-refractivity contribution in [1.82, 2.24) is 19.8 Å². The molecule has 0 saturated carbocycles. The first-order chi connectivity index (χ1) is 11.1. The predicted molar refractivity (Wildman–Crippen MR) is 87.1 cm³/mol. The number of carbonyl (C=O) groups is 1. The number of aromatic nitrogens is 2. The van der Waals surface area contributed by atoms with Gasteiger partial charge in [-0.25, -0.2) is 4.98 Å². The van der Waals surface area contributed by atoms with E-state index in [0.717, 1.165) is 45.7 Å². The van der Waals surface area contributed by atoms with Crippen LogP contribution < -0.4 is 0 Å². The van der Waals surface area contributed by atoms with E-state index >= 15 is 0 Å². The summed E-state index contributed by atoms with van der Waals surface area (Å²) in [5, 5.41) is 0. The fourth-order valence-corrected chi connectivity index (χ4v) is 3.44. The third-order valence-corrected chi connectivity index (χ3v) is 4.64. The van der Waals surface area contributed by atoms with E-state index < -0.39 is 0 Å². The highest BCUT2D eigenvalue weighted by molar-refractivity contribution is 5.92. The molecule has 1 amide bonds. The van der Waals surface area contributed by atoms with Gasteiger partial charge in [0, 0.05) is 57.3 Å². The van der Waals surface area contributed by atoms with Crippen LogP contribution in [0.15, 0.2) is 18.6 Å². The van der Waals surface area contributed by atoms with E-state index in [-0.39, 0.29) is 5.91 Å². The largest absolute Gasteiger partial charge is 0.381 e. The van der Waals surface area contributed by atoms with Crippen molar-refractivity contribution in [3.8, 4) is 0 Å². The van der Waals surface area contributed by atoms with Crippen molar-refractivity contribution in [2.24, 2.45) is 5.92 Å². The Morgan fingerprint density at radius 3 is 2.65 bits per heavy atom. The van der Waals surface area contributed by atoms with Gasteiger partial charge in [0.15, 0.2) is 0 Å². The number of ether oxygens (including phenoxy) is 1. The van der Waals surface area contributed by atoms with Crippen molar-refractivity contribution in [2.75, 3.05) is 32.8 Å². The van der Waals surface area contributed by atoms with Crippen LogP contribution in [0.1, 0.15) is 37.2 Å².